The zero-order chi connectivity index (χ0) is 24.4. The number of allylic oxidation sites excluding steroid dienone is 1. The van der Waals surface area contributed by atoms with Gasteiger partial charge in [0, 0.05) is 40.2 Å². The van der Waals surface area contributed by atoms with Gasteiger partial charge in [-0.3, -0.25) is 4.79 Å². The van der Waals surface area contributed by atoms with Crippen molar-refractivity contribution in [1.29, 1.82) is 0 Å². The zero-order valence-electron chi connectivity index (χ0n) is 19.5. The van der Waals surface area contributed by atoms with Crippen LogP contribution >= 0.6 is 11.6 Å². The highest BCUT2D eigenvalue weighted by molar-refractivity contribution is 6.31. The summed E-state index contributed by atoms with van der Waals surface area (Å²) in [5.41, 5.74) is 5.27. The molecule has 5 aromatic rings. The Hall–Kier alpha value is -4.02. The number of fused-ring (bicyclic) bond motifs is 2. The number of furan rings is 1. The zero-order valence-corrected chi connectivity index (χ0v) is 20.2. The molecular weight excluding hydrogens is 458 g/mol. The van der Waals surface area contributed by atoms with Gasteiger partial charge in [-0.15, -0.1) is 0 Å². The lowest BCUT2D eigenvalue weighted by atomic mass is 9.97. The number of rotatable bonds is 6. The molecule has 0 atom stereocenters. The van der Waals surface area contributed by atoms with Crippen LogP contribution in [-0.4, -0.2) is 13.0 Å². The van der Waals surface area contributed by atoms with Crippen LogP contribution in [0.15, 0.2) is 95.6 Å². The number of methoxy groups -OCH3 is 1. The van der Waals surface area contributed by atoms with E-state index in [9.17, 15) is 4.79 Å². The van der Waals surface area contributed by atoms with E-state index in [0.29, 0.717) is 17.3 Å². The minimum Gasteiger partial charge on any atom is -0.496 e. The second-order valence-corrected chi connectivity index (χ2v) is 8.80. The summed E-state index contributed by atoms with van der Waals surface area (Å²) in [5.74, 6) is 0.441. The van der Waals surface area contributed by atoms with Crippen LogP contribution < -0.4 is 10.1 Å². The minimum absolute atomic E-state index is 0.202. The Bertz CT molecular complexity index is 1580. The molecule has 174 valence electrons. The molecule has 4 aromatic carbocycles. The first kappa shape index (κ1) is 22.8. The summed E-state index contributed by atoms with van der Waals surface area (Å²) in [6.45, 7) is 2.25. The van der Waals surface area contributed by atoms with Crippen LogP contribution in [0.3, 0.4) is 0 Å². The molecule has 1 N–H and O–H groups in total. The third kappa shape index (κ3) is 4.66. The quantitative estimate of drug-likeness (QED) is 0.253. The van der Waals surface area contributed by atoms with Gasteiger partial charge in [0.25, 0.3) is 0 Å². The molecule has 5 heteroatoms. The van der Waals surface area contributed by atoms with Crippen molar-refractivity contribution in [3.05, 3.63) is 107 Å². The van der Waals surface area contributed by atoms with E-state index in [1.807, 2.05) is 55.5 Å². The largest absolute Gasteiger partial charge is 0.496 e. The van der Waals surface area contributed by atoms with Crippen LogP contribution in [0.25, 0.3) is 38.4 Å². The maximum atomic E-state index is 12.6. The number of ether oxygens (including phenoxy) is 1. The Morgan fingerprint density at radius 3 is 2.57 bits per heavy atom. The van der Waals surface area contributed by atoms with Gasteiger partial charge >= 0.3 is 0 Å². The smallest absolute Gasteiger partial charge is 0.244 e. The second kappa shape index (κ2) is 9.69. The number of carbonyl (C=O) groups excluding carboxylic acids is 1. The molecule has 0 spiro atoms. The summed E-state index contributed by atoms with van der Waals surface area (Å²) in [7, 11) is 1.61. The van der Waals surface area contributed by atoms with Crippen molar-refractivity contribution in [2.24, 2.45) is 0 Å². The number of hydrogen-bond donors (Lipinski definition) is 1. The fourth-order valence-corrected chi connectivity index (χ4v) is 4.46. The van der Waals surface area contributed by atoms with Gasteiger partial charge in [-0.1, -0.05) is 66.2 Å². The first-order valence-electron chi connectivity index (χ1n) is 11.3. The topological polar surface area (TPSA) is 51.5 Å². The Balaban J connectivity index is 1.48. The summed E-state index contributed by atoms with van der Waals surface area (Å²) < 4.78 is 11.5. The predicted octanol–water partition coefficient (Wildman–Crippen LogP) is 7.63. The second-order valence-electron chi connectivity index (χ2n) is 8.40. The van der Waals surface area contributed by atoms with E-state index < -0.39 is 0 Å². The van der Waals surface area contributed by atoms with Gasteiger partial charge in [0.2, 0.25) is 5.91 Å². The van der Waals surface area contributed by atoms with Crippen LogP contribution in [0.1, 0.15) is 18.1 Å². The SMILES string of the molecule is COc1cc2occ(-c3ccc4ccccc4c3)c2cc1/C(C)=C/C(=O)NCc1ccccc1Cl. The lowest BCUT2D eigenvalue weighted by molar-refractivity contribution is -0.116. The number of hydrogen-bond acceptors (Lipinski definition) is 3. The van der Waals surface area contributed by atoms with Gasteiger partial charge in [0.1, 0.15) is 11.3 Å². The van der Waals surface area contributed by atoms with E-state index in [2.05, 4.69) is 35.6 Å². The molecule has 0 bridgehead atoms. The fraction of sp³-hybridized carbons (Fsp3) is 0.100. The van der Waals surface area contributed by atoms with Gasteiger partial charge in [-0.2, -0.15) is 0 Å². The molecule has 1 heterocycles. The molecule has 0 aliphatic heterocycles. The molecule has 1 amide bonds. The highest BCUT2D eigenvalue weighted by Crippen LogP contribution is 2.38. The van der Waals surface area contributed by atoms with Crippen LogP contribution in [0, 0.1) is 0 Å². The van der Waals surface area contributed by atoms with E-state index >= 15 is 0 Å². The third-order valence-electron chi connectivity index (χ3n) is 6.14. The molecule has 4 nitrogen and oxygen atoms in total. The number of nitrogens with one attached hydrogen (secondary N) is 1. The van der Waals surface area contributed by atoms with Gasteiger partial charge in [0.05, 0.1) is 13.4 Å². The summed E-state index contributed by atoms with van der Waals surface area (Å²) in [6, 6.07) is 26.0. The van der Waals surface area contributed by atoms with Crippen molar-refractivity contribution in [3.8, 4) is 16.9 Å². The van der Waals surface area contributed by atoms with Gasteiger partial charge in [-0.25, -0.2) is 0 Å². The van der Waals surface area contributed by atoms with Crippen molar-refractivity contribution in [2.45, 2.75) is 13.5 Å². The lowest BCUT2D eigenvalue weighted by Gasteiger charge is -2.11. The van der Waals surface area contributed by atoms with Crippen molar-refractivity contribution in [3.63, 3.8) is 0 Å². The molecule has 35 heavy (non-hydrogen) atoms. The minimum atomic E-state index is -0.202. The number of amides is 1. The number of halogens is 1. The van der Waals surface area contributed by atoms with E-state index in [1.165, 1.54) is 10.8 Å². The maximum absolute atomic E-state index is 12.6. The Labute approximate surface area is 208 Å². The monoisotopic (exact) mass is 481 g/mol. The van der Waals surface area contributed by atoms with Crippen molar-refractivity contribution >= 4 is 44.8 Å². The highest BCUT2D eigenvalue weighted by atomic mass is 35.5. The average Bonchev–Trinajstić information content (AvgIpc) is 3.30. The first-order chi connectivity index (χ1) is 17.0. The van der Waals surface area contributed by atoms with Crippen molar-refractivity contribution in [2.75, 3.05) is 7.11 Å². The number of carbonyl (C=O) groups is 1. The molecule has 0 aliphatic rings. The van der Waals surface area contributed by atoms with E-state index in [4.69, 9.17) is 20.8 Å². The summed E-state index contributed by atoms with van der Waals surface area (Å²) >= 11 is 6.20. The molecule has 0 saturated carbocycles. The summed E-state index contributed by atoms with van der Waals surface area (Å²) in [4.78, 5) is 12.6. The summed E-state index contributed by atoms with van der Waals surface area (Å²) in [6.07, 6.45) is 3.35. The molecule has 0 radical (unpaired) electrons. The maximum Gasteiger partial charge on any atom is 0.244 e. The lowest BCUT2D eigenvalue weighted by Crippen LogP contribution is -2.20. The average molecular weight is 482 g/mol. The van der Waals surface area contributed by atoms with Crippen LogP contribution in [-0.2, 0) is 11.3 Å². The first-order valence-corrected chi connectivity index (χ1v) is 11.7. The normalized spacial score (nSPS) is 11.7. The predicted molar refractivity (Wildman–Crippen MR) is 143 cm³/mol. The van der Waals surface area contributed by atoms with Crippen LogP contribution in [0.2, 0.25) is 5.02 Å². The molecule has 1 aromatic heterocycles. The molecular formula is C30H24ClNO3. The van der Waals surface area contributed by atoms with Crippen molar-refractivity contribution < 1.29 is 13.9 Å². The molecule has 0 fully saturated rings. The van der Waals surface area contributed by atoms with Gasteiger partial charge < -0.3 is 14.5 Å². The van der Waals surface area contributed by atoms with Gasteiger partial charge in [0.15, 0.2) is 0 Å². The van der Waals surface area contributed by atoms with Crippen molar-refractivity contribution in [1.82, 2.24) is 5.32 Å². The third-order valence-corrected chi connectivity index (χ3v) is 6.51. The Morgan fingerprint density at radius 1 is 1.00 bits per heavy atom. The molecule has 0 aliphatic carbocycles. The molecule has 5 rings (SSSR count). The van der Waals surface area contributed by atoms with E-state index in [-0.39, 0.29) is 5.91 Å². The van der Waals surface area contributed by atoms with Crippen LogP contribution in [0.5, 0.6) is 5.75 Å². The van der Waals surface area contributed by atoms with Crippen LogP contribution in [0.4, 0.5) is 0 Å². The Kier molecular flexibility index (Phi) is 6.30. The van der Waals surface area contributed by atoms with Gasteiger partial charge in [-0.05, 0) is 52.6 Å². The highest BCUT2D eigenvalue weighted by Gasteiger charge is 2.15. The molecule has 0 unspecified atom stereocenters. The van der Waals surface area contributed by atoms with E-state index in [0.717, 1.165) is 38.8 Å². The number of benzene rings is 4. The molecule has 0 saturated heterocycles. The summed E-state index contributed by atoms with van der Waals surface area (Å²) in [5, 5.41) is 6.84. The standard InChI is InChI=1S/C30H24ClNO3/c1-19(13-30(33)32-17-23-9-5-6-10-27(23)31)24-15-25-26(18-35-29(25)16-28(24)34-2)22-12-11-20-7-3-4-8-21(20)14-22/h3-16,18H,17H2,1-2H3,(H,32,33)/b19-13+. The fourth-order valence-electron chi connectivity index (χ4n) is 4.26. The Morgan fingerprint density at radius 2 is 1.77 bits per heavy atom. The van der Waals surface area contributed by atoms with E-state index in [1.54, 1.807) is 19.4 Å².